The first-order chi connectivity index (χ1) is 6.52. The summed E-state index contributed by atoms with van der Waals surface area (Å²) in [6.07, 6.45) is 0. The molecule has 78 valence electrons. The van der Waals surface area contributed by atoms with Gasteiger partial charge in [0.25, 0.3) is 5.69 Å². The molecule has 0 heterocycles. The zero-order valence-corrected chi connectivity index (χ0v) is 9.06. The van der Waals surface area contributed by atoms with Gasteiger partial charge in [0.15, 0.2) is 5.82 Å². The number of rotatable bonds is 1. The zero-order valence-electron chi connectivity index (χ0n) is 7.55. The number of hydrogen-bond acceptors (Lipinski definition) is 2. The first-order valence-electron chi connectivity index (χ1n) is 3.81. The maximum absolute atomic E-state index is 12.7. The van der Waals surface area contributed by atoms with Crippen molar-refractivity contribution in [1.82, 2.24) is 0 Å². The molecular weight excluding hydrogens is 232 g/mol. The van der Waals surface area contributed by atoms with Gasteiger partial charge in [0.1, 0.15) is 0 Å². The van der Waals surface area contributed by atoms with Crippen molar-refractivity contribution in [1.29, 1.82) is 0 Å². The lowest BCUT2D eigenvalue weighted by atomic mass is 10.3. The van der Waals surface area contributed by atoms with E-state index in [0.717, 1.165) is 12.1 Å². The van der Waals surface area contributed by atoms with Crippen LogP contribution in [0.1, 0.15) is 13.8 Å². The highest BCUT2D eigenvalue weighted by Crippen LogP contribution is 2.28. The third kappa shape index (κ3) is 3.12. The van der Waals surface area contributed by atoms with Crippen LogP contribution in [0.15, 0.2) is 12.1 Å². The zero-order chi connectivity index (χ0) is 11.3. The van der Waals surface area contributed by atoms with Gasteiger partial charge in [-0.25, -0.2) is 4.39 Å². The molecule has 0 aliphatic heterocycles. The molecule has 0 atom stereocenters. The molecule has 0 spiro atoms. The Balaban J connectivity index is 0.000000791. The first kappa shape index (κ1) is 13.1. The Morgan fingerprint density at radius 3 is 1.93 bits per heavy atom. The van der Waals surface area contributed by atoms with Crippen molar-refractivity contribution in [3.8, 4) is 0 Å². The fourth-order valence-corrected chi connectivity index (χ4v) is 1.12. The van der Waals surface area contributed by atoms with Crippen molar-refractivity contribution < 1.29 is 9.31 Å². The summed E-state index contributed by atoms with van der Waals surface area (Å²) in [4.78, 5) is 9.49. The molecule has 0 saturated heterocycles. The molecule has 0 aliphatic carbocycles. The number of nitrogens with zero attached hydrogens (tertiary/aromatic N) is 1. The van der Waals surface area contributed by atoms with E-state index >= 15 is 0 Å². The summed E-state index contributed by atoms with van der Waals surface area (Å²) in [5, 5.41) is 9.48. The number of hydrogen-bond donors (Lipinski definition) is 0. The maximum atomic E-state index is 12.7. The van der Waals surface area contributed by atoms with Crippen LogP contribution in [0, 0.1) is 15.9 Å². The molecule has 1 aromatic carbocycles. The highest BCUT2D eigenvalue weighted by molar-refractivity contribution is 6.35. The molecule has 0 bridgehead atoms. The average Bonchev–Trinajstić information content (AvgIpc) is 2.16. The minimum absolute atomic E-state index is 0.327. The summed E-state index contributed by atoms with van der Waals surface area (Å²) in [6, 6.07) is 1.81. The Morgan fingerprint density at radius 1 is 1.29 bits per heavy atom. The molecule has 1 aromatic rings. The maximum Gasteiger partial charge on any atom is 0.272 e. The van der Waals surface area contributed by atoms with Gasteiger partial charge in [-0.15, -0.1) is 0 Å². The van der Waals surface area contributed by atoms with Gasteiger partial charge in [0.05, 0.1) is 15.0 Å². The number of nitro groups is 1. The van der Waals surface area contributed by atoms with Gasteiger partial charge in [0.2, 0.25) is 0 Å². The summed E-state index contributed by atoms with van der Waals surface area (Å²) in [5.74, 6) is -0.844. The van der Waals surface area contributed by atoms with E-state index in [2.05, 4.69) is 0 Å². The summed E-state index contributed by atoms with van der Waals surface area (Å²) < 4.78 is 12.7. The highest BCUT2D eigenvalue weighted by Gasteiger charge is 2.13. The summed E-state index contributed by atoms with van der Waals surface area (Å²) in [7, 11) is 0. The van der Waals surface area contributed by atoms with E-state index in [1.807, 2.05) is 13.8 Å². The van der Waals surface area contributed by atoms with Gasteiger partial charge in [-0.1, -0.05) is 37.0 Å². The van der Waals surface area contributed by atoms with Crippen LogP contribution in [0.4, 0.5) is 10.1 Å². The van der Waals surface area contributed by atoms with Crippen molar-refractivity contribution >= 4 is 28.9 Å². The second-order valence-corrected chi connectivity index (χ2v) is 2.79. The standard InChI is InChI=1S/C6H2Cl2FNO2.C2H6/c7-4-1-3(10(11)12)2-5(8)6(4)9;1-2/h1-2H;1-2H3. The van der Waals surface area contributed by atoms with Crippen LogP contribution in [-0.4, -0.2) is 4.92 Å². The second kappa shape index (κ2) is 5.78. The molecular formula is C8H8Cl2FNO2. The van der Waals surface area contributed by atoms with Crippen LogP contribution in [0.25, 0.3) is 0 Å². The number of benzene rings is 1. The molecule has 0 N–H and O–H groups in total. The molecule has 0 unspecified atom stereocenters. The predicted molar refractivity (Wildman–Crippen MR) is 54.4 cm³/mol. The van der Waals surface area contributed by atoms with Gasteiger partial charge in [-0.2, -0.15) is 0 Å². The summed E-state index contributed by atoms with van der Waals surface area (Å²) in [6.45, 7) is 4.00. The lowest BCUT2D eigenvalue weighted by Gasteiger charge is -1.96. The first-order valence-corrected chi connectivity index (χ1v) is 4.57. The van der Waals surface area contributed by atoms with E-state index in [9.17, 15) is 14.5 Å². The Hall–Kier alpha value is -0.870. The summed E-state index contributed by atoms with van der Waals surface area (Å²) in [5.41, 5.74) is -0.327. The second-order valence-electron chi connectivity index (χ2n) is 1.98. The quantitative estimate of drug-likeness (QED) is 0.422. The number of nitro benzene ring substituents is 1. The van der Waals surface area contributed by atoms with Crippen LogP contribution in [0.5, 0.6) is 0 Å². The molecule has 0 amide bonds. The van der Waals surface area contributed by atoms with E-state index in [1.54, 1.807) is 0 Å². The lowest BCUT2D eigenvalue weighted by molar-refractivity contribution is -0.384. The molecule has 0 fully saturated rings. The molecule has 1 rings (SSSR count). The largest absolute Gasteiger partial charge is 0.272 e. The van der Waals surface area contributed by atoms with Crippen molar-refractivity contribution in [2.24, 2.45) is 0 Å². The Bertz CT molecular complexity index is 321. The van der Waals surface area contributed by atoms with Crippen LogP contribution >= 0.6 is 23.2 Å². The van der Waals surface area contributed by atoms with Crippen LogP contribution < -0.4 is 0 Å². The van der Waals surface area contributed by atoms with E-state index in [-0.39, 0.29) is 15.7 Å². The van der Waals surface area contributed by atoms with E-state index in [4.69, 9.17) is 23.2 Å². The molecule has 14 heavy (non-hydrogen) atoms. The fraction of sp³-hybridized carbons (Fsp3) is 0.250. The summed E-state index contributed by atoms with van der Waals surface area (Å²) >= 11 is 10.6. The molecule has 0 aliphatic rings. The van der Waals surface area contributed by atoms with Crippen LogP contribution in [0.3, 0.4) is 0 Å². The van der Waals surface area contributed by atoms with E-state index < -0.39 is 10.7 Å². The van der Waals surface area contributed by atoms with Crippen LogP contribution in [0.2, 0.25) is 10.0 Å². The molecule has 0 saturated carbocycles. The van der Waals surface area contributed by atoms with Gasteiger partial charge in [-0.05, 0) is 0 Å². The molecule has 0 radical (unpaired) electrons. The van der Waals surface area contributed by atoms with E-state index in [1.165, 1.54) is 0 Å². The minimum atomic E-state index is -0.844. The van der Waals surface area contributed by atoms with Gasteiger partial charge >= 0.3 is 0 Å². The normalized spacial score (nSPS) is 8.93. The predicted octanol–water partition coefficient (Wildman–Crippen LogP) is 4.07. The number of halogens is 3. The molecule has 0 aromatic heterocycles. The van der Waals surface area contributed by atoms with Crippen molar-refractivity contribution in [2.45, 2.75) is 13.8 Å². The lowest BCUT2D eigenvalue weighted by Crippen LogP contribution is -1.89. The Labute approximate surface area is 90.6 Å². The van der Waals surface area contributed by atoms with Crippen molar-refractivity contribution in [3.63, 3.8) is 0 Å². The smallest absolute Gasteiger partial charge is 0.258 e. The van der Waals surface area contributed by atoms with Crippen LogP contribution in [-0.2, 0) is 0 Å². The SMILES string of the molecule is CC.O=[N+]([O-])c1cc(Cl)c(F)c(Cl)c1. The highest BCUT2D eigenvalue weighted by atomic mass is 35.5. The van der Waals surface area contributed by atoms with Crippen molar-refractivity contribution in [2.75, 3.05) is 0 Å². The van der Waals surface area contributed by atoms with Gasteiger partial charge in [-0.3, -0.25) is 10.1 Å². The molecule has 6 heteroatoms. The minimum Gasteiger partial charge on any atom is -0.258 e. The van der Waals surface area contributed by atoms with Gasteiger partial charge < -0.3 is 0 Å². The number of non-ortho nitro benzene ring substituents is 1. The Kier molecular flexibility index (Phi) is 5.42. The van der Waals surface area contributed by atoms with Crippen molar-refractivity contribution in [3.05, 3.63) is 38.1 Å². The third-order valence-corrected chi connectivity index (χ3v) is 1.73. The average molecular weight is 240 g/mol. The third-order valence-electron chi connectivity index (χ3n) is 1.18. The van der Waals surface area contributed by atoms with E-state index in [0.29, 0.717) is 0 Å². The van der Waals surface area contributed by atoms with Gasteiger partial charge in [0, 0.05) is 12.1 Å². The Morgan fingerprint density at radius 2 is 1.64 bits per heavy atom. The fourth-order valence-electron chi connectivity index (χ4n) is 0.648. The molecule has 3 nitrogen and oxygen atoms in total. The topological polar surface area (TPSA) is 43.1 Å². The monoisotopic (exact) mass is 239 g/mol.